The van der Waals surface area contributed by atoms with Gasteiger partial charge in [-0.3, -0.25) is 20.2 Å². The molecule has 1 atom stereocenters. The van der Waals surface area contributed by atoms with Crippen molar-refractivity contribution in [2.75, 3.05) is 0 Å². The molecule has 0 unspecified atom stereocenters. The maximum absolute atomic E-state index is 11.2. The van der Waals surface area contributed by atoms with Gasteiger partial charge in [0.25, 0.3) is 11.4 Å². The Bertz CT molecular complexity index is 731. The van der Waals surface area contributed by atoms with Crippen LogP contribution in [0, 0.1) is 20.2 Å². The molecule has 7 nitrogen and oxygen atoms in total. The predicted molar refractivity (Wildman–Crippen MR) is 83.3 cm³/mol. The van der Waals surface area contributed by atoms with Gasteiger partial charge in [-0.25, -0.2) is 0 Å². The largest absolute Gasteiger partial charge is 0.303 e. The van der Waals surface area contributed by atoms with E-state index in [1.54, 1.807) is 0 Å². The summed E-state index contributed by atoms with van der Waals surface area (Å²) in [6, 6.07) is 12.8. The molecule has 23 heavy (non-hydrogen) atoms. The van der Waals surface area contributed by atoms with E-state index in [4.69, 9.17) is 0 Å². The number of nitro benzene ring substituents is 2. The molecule has 0 fully saturated rings. The second-order valence-electron chi connectivity index (χ2n) is 5.04. The van der Waals surface area contributed by atoms with Crippen LogP contribution < -0.4 is 0 Å². The number of nitrogens with zero attached hydrogens (tertiary/aromatic N) is 2. The van der Waals surface area contributed by atoms with Crippen LogP contribution in [0.4, 0.5) is 11.4 Å². The highest BCUT2D eigenvalue weighted by Crippen LogP contribution is 2.30. The van der Waals surface area contributed by atoms with Crippen molar-refractivity contribution in [3.8, 4) is 0 Å². The van der Waals surface area contributed by atoms with Gasteiger partial charge in [-0.2, -0.15) is 0 Å². The molecule has 7 heteroatoms. The summed E-state index contributed by atoms with van der Waals surface area (Å²) in [6.45, 7) is 0. The van der Waals surface area contributed by atoms with Crippen LogP contribution in [0.3, 0.4) is 0 Å². The maximum Gasteiger partial charge on any atom is 0.279 e. The number of carbonyl (C=O) groups is 1. The Morgan fingerprint density at radius 3 is 2.26 bits per heavy atom. The lowest BCUT2D eigenvalue weighted by Crippen LogP contribution is -2.06. The van der Waals surface area contributed by atoms with Crippen molar-refractivity contribution in [1.29, 1.82) is 0 Å². The van der Waals surface area contributed by atoms with Crippen molar-refractivity contribution in [3.05, 3.63) is 79.9 Å². The van der Waals surface area contributed by atoms with Crippen LogP contribution in [0.15, 0.2) is 48.5 Å². The molecule has 0 saturated carbocycles. The topological polar surface area (TPSA) is 103 Å². The minimum atomic E-state index is -0.670. The molecule has 0 amide bonds. The first-order chi connectivity index (χ1) is 11.0. The number of carbonyl (C=O) groups excluding carboxylic acids is 1. The fourth-order valence-electron chi connectivity index (χ4n) is 2.45. The number of benzene rings is 2. The Kier molecular flexibility index (Phi) is 5.14. The fourth-order valence-corrected chi connectivity index (χ4v) is 2.45. The zero-order valence-electron chi connectivity index (χ0n) is 12.1. The molecule has 0 radical (unpaired) electrons. The quantitative estimate of drug-likeness (QED) is 0.442. The number of hydrogen-bond acceptors (Lipinski definition) is 5. The number of aldehydes is 1. The molecule has 0 N–H and O–H groups in total. The molecule has 0 spiro atoms. The molecule has 2 aromatic carbocycles. The Hall–Kier alpha value is -3.09. The highest BCUT2D eigenvalue weighted by atomic mass is 16.6. The summed E-state index contributed by atoms with van der Waals surface area (Å²) in [5, 5.41) is 22.0. The Balaban J connectivity index is 2.38. The molecular formula is C16H14N2O5. The number of nitro groups is 2. The summed E-state index contributed by atoms with van der Waals surface area (Å²) in [7, 11) is 0. The Morgan fingerprint density at radius 1 is 1.00 bits per heavy atom. The first-order valence-electron chi connectivity index (χ1n) is 6.93. The van der Waals surface area contributed by atoms with Gasteiger partial charge in [0.2, 0.25) is 0 Å². The van der Waals surface area contributed by atoms with Crippen molar-refractivity contribution >= 4 is 17.7 Å². The third-order valence-electron chi connectivity index (χ3n) is 3.59. The molecule has 0 aromatic heterocycles. The first kappa shape index (κ1) is 16.3. The van der Waals surface area contributed by atoms with Crippen LogP contribution in [0.2, 0.25) is 0 Å². The lowest BCUT2D eigenvalue weighted by molar-refractivity contribution is -0.394. The molecule has 0 aliphatic heterocycles. The molecule has 2 rings (SSSR count). The predicted octanol–water partition coefficient (Wildman–Crippen LogP) is 3.42. The average Bonchev–Trinajstić information content (AvgIpc) is 2.55. The number of rotatable bonds is 7. The lowest BCUT2D eigenvalue weighted by atomic mass is 9.89. The lowest BCUT2D eigenvalue weighted by Gasteiger charge is -2.14. The van der Waals surface area contributed by atoms with Gasteiger partial charge in [-0.05, 0) is 24.0 Å². The van der Waals surface area contributed by atoms with E-state index in [2.05, 4.69) is 0 Å². The number of hydrogen-bond donors (Lipinski definition) is 0. The smallest absolute Gasteiger partial charge is 0.279 e. The Labute approximate surface area is 131 Å². The SMILES string of the molecule is O=CC[C@H](Cc1ccc([N+](=O)[O-])cc1[N+](=O)[O-])c1ccccc1. The van der Waals surface area contributed by atoms with Crippen molar-refractivity contribution < 1.29 is 14.6 Å². The molecule has 118 valence electrons. The van der Waals surface area contributed by atoms with E-state index in [-0.39, 0.29) is 30.1 Å². The minimum absolute atomic E-state index is 0.214. The molecule has 0 bridgehead atoms. The third kappa shape index (κ3) is 3.97. The van der Waals surface area contributed by atoms with Crippen molar-refractivity contribution in [2.45, 2.75) is 18.8 Å². The van der Waals surface area contributed by atoms with Gasteiger partial charge in [-0.1, -0.05) is 30.3 Å². The van der Waals surface area contributed by atoms with Crippen molar-refractivity contribution in [2.24, 2.45) is 0 Å². The monoisotopic (exact) mass is 314 g/mol. The summed E-state index contributed by atoms with van der Waals surface area (Å²) in [5.41, 5.74) is 0.640. The molecule has 0 aliphatic rings. The standard InChI is InChI=1S/C16H14N2O5/c19-9-8-13(12-4-2-1-3-5-12)10-14-6-7-15(17(20)21)11-16(14)18(22)23/h1-7,9,11,13H,8,10H2/t13-/m1/s1. The molecule has 0 aliphatic carbocycles. The van der Waals surface area contributed by atoms with Gasteiger partial charge < -0.3 is 4.79 Å². The second-order valence-corrected chi connectivity index (χ2v) is 5.04. The Morgan fingerprint density at radius 2 is 1.70 bits per heavy atom. The van der Waals surface area contributed by atoms with Crippen molar-refractivity contribution in [1.82, 2.24) is 0 Å². The fraction of sp³-hybridized carbons (Fsp3) is 0.188. The summed E-state index contributed by atoms with van der Waals surface area (Å²) in [4.78, 5) is 31.6. The molecule has 0 saturated heterocycles. The van der Waals surface area contributed by atoms with E-state index >= 15 is 0 Å². The van der Waals surface area contributed by atoms with E-state index in [1.165, 1.54) is 12.1 Å². The second kappa shape index (κ2) is 7.26. The zero-order chi connectivity index (χ0) is 16.8. The average molecular weight is 314 g/mol. The van der Waals surface area contributed by atoms with E-state index in [1.807, 2.05) is 30.3 Å². The molecule has 2 aromatic rings. The highest BCUT2D eigenvalue weighted by molar-refractivity contribution is 5.54. The summed E-state index contributed by atoms with van der Waals surface area (Å²) < 4.78 is 0. The van der Waals surface area contributed by atoms with E-state index in [0.717, 1.165) is 17.9 Å². The summed E-state index contributed by atoms with van der Waals surface area (Å²) in [6.07, 6.45) is 1.25. The van der Waals surface area contributed by atoms with Gasteiger partial charge >= 0.3 is 0 Å². The minimum Gasteiger partial charge on any atom is -0.303 e. The van der Waals surface area contributed by atoms with Crippen LogP contribution in [0.5, 0.6) is 0 Å². The number of non-ortho nitro benzene ring substituents is 1. The van der Waals surface area contributed by atoms with Crippen LogP contribution >= 0.6 is 0 Å². The van der Waals surface area contributed by atoms with Crippen LogP contribution in [-0.2, 0) is 11.2 Å². The normalized spacial score (nSPS) is 11.7. The maximum atomic E-state index is 11.2. The van der Waals surface area contributed by atoms with E-state index in [9.17, 15) is 25.0 Å². The highest BCUT2D eigenvalue weighted by Gasteiger charge is 2.22. The van der Waals surface area contributed by atoms with Gasteiger partial charge in [0.15, 0.2) is 0 Å². The van der Waals surface area contributed by atoms with Crippen LogP contribution in [-0.4, -0.2) is 16.1 Å². The van der Waals surface area contributed by atoms with Gasteiger partial charge in [0, 0.05) is 18.1 Å². The zero-order valence-corrected chi connectivity index (χ0v) is 12.1. The van der Waals surface area contributed by atoms with Crippen molar-refractivity contribution in [3.63, 3.8) is 0 Å². The van der Waals surface area contributed by atoms with E-state index in [0.29, 0.717) is 5.56 Å². The van der Waals surface area contributed by atoms with E-state index < -0.39 is 9.85 Å². The van der Waals surface area contributed by atoms with Crippen LogP contribution in [0.25, 0.3) is 0 Å². The molecule has 0 heterocycles. The van der Waals surface area contributed by atoms with Gasteiger partial charge in [-0.15, -0.1) is 0 Å². The summed E-state index contributed by atoms with van der Waals surface area (Å²) in [5.74, 6) is -0.214. The first-order valence-corrected chi connectivity index (χ1v) is 6.93. The summed E-state index contributed by atoms with van der Waals surface area (Å²) >= 11 is 0. The molecular weight excluding hydrogens is 300 g/mol. The van der Waals surface area contributed by atoms with Gasteiger partial charge in [0.05, 0.1) is 15.9 Å². The van der Waals surface area contributed by atoms with Crippen LogP contribution in [0.1, 0.15) is 23.5 Å². The van der Waals surface area contributed by atoms with Gasteiger partial charge in [0.1, 0.15) is 6.29 Å². The third-order valence-corrected chi connectivity index (χ3v) is 3.59.